The van der Waals surface area contributed by atoms with Gasteiger partial charge in [-0.25, -0.2) is 4.98 Å². The number of amides is 1. The Bertz CT molecular complexity index is 943. The van der Waals surface area contributed by atoms with Crippen LogP contribution < -0.4 is 10.9 Å². The van der Waals surface area contributed by atoms with Crippen LogP contribution in [0.3, 0.4) is 0 Å². The Hall–Kier alpha value is -1.79. The topological polar surface area (TPSA) is 64.0 Å². The number of rotatable bonds is 6. The molecule has 2 aromatic rings. The van der Waals surface area contributed by atoms with Crippen molar-refractivity contribution >= 4 is 40.2 Å². The van der Waals surface area contributed by atoms with Gasteiger partial charge in [0.05, 0.1) is 16.2 Å². The highest BCUT2D eigenvalue weighted by atomic mass is 35.5. The molecule has 0 spiro atoms. The molecule has 1 amide bonds. The Morgan fingerprint density at radius 3 is 2.93 bits per heavy atom. The number of aromatic nitrogens is 2. The average molecular weight is 420 g/mol. The molecule has 5 nitrogen and oxygen atoms in total. The summed E-state index contributed by atoms with van der Waals surface area (Å²) in [6, 6.07) is 5.30. The van der Waals surface area contributed by atoms with Gasteiger partial charge in [-0.1, -0.05) is 49.2 Å². The number of hydrogen-bond acceptors (Lipinski definition) is 4. The van der Waals surface area contributed by atoms with Crippen molar-refractivity contribution in [3.8, 4) is 0 Å². The van der Waals surface area contributed by atoms with Crippen LogP contribution in [-0.2, 0) is 11.3 Å². The third-order valence-electron chi connectivity index (χ3n) is 5.28. The summed E-state index contributed by atoms with van der Waals surface area (Å²) in [6.45, 7) is 8.10. The van der Waals surface area contributed by atoms with Crippen LogP contribution in [0.4, 0.5) is 0 Å². The highest BCUT2D eigenvalue weighted by molar-refractivity contribution is 8.00. The van der Waals surface area contributed by atoms with Gasteiger partial charge in [0.15, 0.2) is 5.16 Å². The molecule has 28 heavy (non-hydrogen) atoms. The van der Waals surface area contributed by atoms with Gasteiger partial charge in [0.25, 0.3) is 5.56 Å². The first-order valence-corrected chi connectivity index (χ1v) is 10.9. The molecule has 150 valence electrons. The van der Waals surface area contributed by atoms with Crippen LogP contribution in [-0.4, -0.2) is 26.8 Å². The Balaban J connectivity index is 1.84. The zero-order valence-electron chi connectivity index (χ0n) is 16.3. The summed E-state index contributed by atoms with van der Waals surface area (Å²) >= 11 is 7.34. The summed E-state index contributed by atoms with van der Waals surface area (Å²) in [5.74, 6) is 0.483. The number of benzene rings is 1. The highest BCUT2D eigenvalue weighted by Gasteiger charge is 2.26. The van der Waals surface area contributed by atoms with Crippen LogP contribution in [0.1, 0.15) is 39.5 Å². The fourth-order valence-electron chi connectivity index (χ4n) is 3.60. The molecule has 0 aliphatic heterocycles. The number of allylic oxidation sites excluding steroid dienone is 1. The number of nitrogens with zero attached hydrogens (tertiary/aromatic N) is 2. The first kappa shape index (κ1) is 20.9. The molecule has 0 radical (unpaired) electrons. The summed E-state index contributed by atoms with van der Waals surface area (Å²) in [6.07, 6.45) is 6.22. The van der Waals surface area contributed by atoms with Gasteiger partial charge in [0, 0.05) is 17.6 Å². The van der Waals surface area contributed by atoms with Gasteiger partial charge in [-0.15, -0.1) is 6.58 Å². The molecule has 1 fully saturated rings. The largest absolute Gasteiger partial charge is 0.352 e. The van der Waals surface area contributed by atoms with E-state index in [1.54, 1.807) is 28.8 Å². The molecule has 1 aliphatic carbocycles. The number of carbonyl (C=O) groups excluding carboxylic acids is 1. The second kappa shape index (κ2) is 9.14. The van der Waals surface area contributed by atoms with E-state index in [9.17, 15) is 9.59 Å². The van der Waals surface area contributed by atoms with Crippen molar-refractivity contribution in [3.05, 3.63) is 46.2 Å². The van der Waals surface area contributed by atoms with Gasteiger partial charge in [-0.3, -0.25) is 14.2 Å². The molecule has 1 aromatic carbocycles. The van der Waals surface area contributed by atoms with E-state index in [1.807, 2.05) is 6.92 Å². The molecular formula is C21H26ClN3O2S. The van der Waals surface area contributed by atoms with E-state index in [1.165, 1.54) is 18.2 Å². The zero-order valence-corrected chi connectivity index (χ0v) is 17.9. The van der Waals surface area contributed by atoms with E-state index >= 15 is 0 Å². The van der Waals surface area contributed by atoms with Crippen molar-refractivity contribution in [1.29, 1.82) is 0 Å². The first-order chi connectivity index (χ1) is 13.4. The number of carbonyl (C=O) groups is 1. The molecule has 1 aliphatic rings. The SMILES string of the molecule is C=CCn1c(S[C@H](C)C(=O)N[C@H]2CCCC[C@@H]2C)nc2ccc(Cl)cc2c1=O. The predicted octanol–water partition coefficient (Wildman–Crippen LogP) is 4.41. The maximum absolute atomic E-state index is 12.9. The Morgan fingerprint density at radius 1 is 1.46 bits per heavy atom. The van der Waals surface area contributed by atoms with Gasteiger partial charge in [-0.05, 0) is 43.9 Å². The summed E-state index contributed by atoms with van der Waals surface area (Å²) in [5, 5.41) is 4.30. The number of thioether (sulfide) groups is 1. The first-order valence-electron chi connectivity index (χ1n) is 9.68. The van der Waals surface area contributed by atoms with Crippen LogP contribution >= 0.6 is 23.4 Å². The molecule has 1 aromatic heterocycles. The molecule has 0 saturated heterocycles. The third kappa shape index (κ3) is 4.61. The smallest absolute Gasteiger partial charge is 0.262 e. The van der Waals surface area contributed by atoms with E-state index in [4.69, 9.17) is 11.6 Å². The standard InChI is InChI=1S/C21H26ClN3O2S/c1-4-11-25-20(27)16-12-15(22)9-10-18(16)24-21(25)28-14(3)19(26)23-17-8-6-5-7-13(17)2/h4,9-10,12-14,17H,1,5-8,11H2,2-3H3,(H,23,26)/t13-,14+,17-/m0/s1. The van der Waals surface area contributed by atoms with Gasteiger partial charge in [0.2, 0.25) is 5.91 Å². The van der Waals surface area contributed by atoms with Crippen LogP contribution in [0.25, 0.3) is 10.9 Å². The maximum atomic E-state index is 12.9. The summed E-state index contributed by atoms with van der Waals surface area (Å²) in [5.41, 5.74) is 0.397. The molecular weight excluding hydrogens is 394 g/mol. The average Bonchev–Trinajstić information content (AvgIpc) is 2.67. The van der Waals surface area contributed by atoms with Gasteiger partial charge in [0.1, 0.15) is 0 Å². The lowest BCUT2D eigenvalue weighted by atomic mass is 9.86. The van der Waals surface area contributed by atoms with E-state index < -0.39 is 0 Å². The second-order valence-electron chi connectivity index (χ2n) is 7.40. The number of halogens is 1. The van der Waals surface area contributed by atoms with Crippen molar-refractivity contribution in [1.82, 2.24) is 14.9 Å². The van der Waals surface area contributed by atoms with Crippen molar-refractivity contribution in [2.24, 2.45) is 5.92 Å². The van der Waals surface area contributed by atoms with Crippen LogP contribution in [0, 0.1) is 5.92 Å². The van der Waals surface area contributed by atoms with E-state index in [0.717, 1.165) is 19.3 Å². The minimum absolute atomic E-state index is 0.0145. The Kier molecular flexibility index (Phi) is 6.83. The molecule has 0 bridgehead atoms. The van der Waals surface area contributed by atoms with E-state index in [-0.39, 0.29) is 22.8 Å². The van der Waals surface area contributed by atoms with Crippen molar-refractivity contribution in [2.45, 2.75) is 62.5 Å². The molecule has 3 atom stereocenters. The normalized spacial score (nSPS) is 20.7. The predicted molar refractivity (Wildman–Crippen MR) is 116 cm³/mol. The molecule has 1 heterocycles. The lowest BCUT2D eigenvalue weighted by Gasteiger charge is -2.30. The minimum Gasteiger partial charge on any atom is -0.352 e. The lowest BCUT2D eigenvalue weighted by molar-refractivity contribution is -0.121. The molecule has 7 heteroatoms. The van der Waals surface area contributed by atoms with Crippen LogP contribution in [0.15, 0.2) is 40.8 Å². The monoisotopic (exact) mass is 419 g/mol. The summed E-state index contributed by atoms with van der Waals surface area (Å²) in [4.78, 5) is 30.3. The number of nitrogens with one attached hydrogen (secondary N) is 1. The molecule has 3 rings (SSSR count). The second-order valence-corrected chi connectivity index (χ2v) is 9.14. The molecule has 1 N–H and O–H groups in total. The van der Waals surface area contributed by atoms with Crippen LogP contribution in [0.5, 0.6) is 0 Å². The Labute approximate surface area is 174 Å². The number of hydrogen-bond donors (Lipinski definition) is 1. The minimum atomic E-state index is -0.359. The quantitative estimate of drug-likeness (QED) is 0.428. The fraction of sp³-hybridized carbons (Fsp3) is 0.476. The van der Waals surface area contributed by atoms with Crippen molar-refractivity contribution < 1.29 is 4.79 Å². The van der Waals surface area contributed by atoms with Gasteiger partial charge in [-0.2, -0.15) is 0 Å². The van der Waals surface area contributed by atoms with Gasteiger partial charge < -0.3 is 5.32 Å². The number of fused-ring (bicyclic) bond motifs is 1. The Morgan fingerprint density at radius 2 is 2.21 bits per heavy atom. The van der Waals surface area contributed by atoms with Crippen LogP contribution in [0.2, 0.25) is 5.02 Å². The third-order valence-corrected chi connectivity index (χ3v) is 6.61. The molecule has 1 saturated carbocycles. The highest BCUT2D eigenvalue weighted by Crippen LogP contribution is 2.26. The van der Waals surface area contributed by atoms with Crippen molar-refractivity contribution in [3.63, 3.8) is 0 Å². The summed E-state index contributed by atoms with van der Waals surface area (Å²) in [7, 11) is 0. The zero-order chi connectivity index (χ0) is 20.3. The maximum Gasteiger partial charge on any atom is 0.262 e. The summed E-state index contributed by atoms with van der Waals surface area (Å²) < 4.78 is 1.54. The van der Waals surface area contributed by atoms with Gasteiger partial charge >= 0.3 is 0 Å². The van der Waals surface area contributed by atoms with E-state index in [0.29, 0.717) is 33.5 Å². The molecule has 0 unspecified atom stereocenters. The lowest BCUT2D eigenvalue weighted by Crippen LogP contribution is -2.44. The van der Waals surface area contributed by atoms with Crippen molar-refractivity contribution in [2.75, 3.05) is 0 Å². The fourth-order valence-corrected chi connectivity index (χ4v) is 4.69. The van der Waals surface area contributed by atoms with E-state index in [2.05, 4.69) is 23.8 Å².